The molecule has 0 saturated carbocycles. The zero-order valence-corrected chi connectivity index (χ0v) is 11.7. The molecule has 2 aromatic rings. The van der Waals surface area contributed by atoms with Crippen LogP contribution < -0.4 is 5.32 Å². The number of benzene rings is 2. The Balaban J connectivity index is 1.91. The maximum absolute atomic E-state index is 12.4. The number of hydrogen-bond acceptors (Lipinski definition) is 4. The predicted molar refractivity (Wildman–Crippen MR) is 80.4 cm³/mol. The van der Waals surface area contributed by atoms with E-state index >= 15 is 0 Å². The molecule has 1 N–H and O–H groups in total. The van der Waals surface area contributed by atoms with Gasteiger partial charge in [-0.1, -0.05) is 0 Å². The first-order valence-electron chi connectivity index (χ1n) is 6.29. The molecule has 2 aromatic carbocycles. The molecule has 0 atom stereocenters. The Bertz CT molecular complexity index is 776. The molecule has 5 heteroatoms. The predicted octanol–water partition coefficient (Wildman–Crippen LogP) is 2.83. The molecule has 102 valence electrons. The van der Waals surface area contributed by atoms with Gasteiger partial charge in [0.2, 0.25) is 5.91 Å². The van der Waals surface area contributed by atoms with Crippen LogP contribution in [0.2, 0.25) is 0 Å². The molecule has 0 radical (unpaired) electrons. The number of carbonyl (C=O) groups is 2. The van der Waals surface area contributed by atoms with Crippen LogP contribution in [0.5, 0.6) is 0 Å². The van der Waals surface area contributed by atoms with Crippen LogP contribution in [-0.4, -0.2) is 17.4 Å². The summed E-state index contributed by atoms with van der Waals surface area (Å²) in [5.41, 5.74) is 2.38. The lowest BCUT2D eigenvalue weighted by molar-refractivity contribution is -0.113. The summed E-state index contributed by atoms with van der Waals surface area (Å²) in [6.45, 7) is 0. The highest BCUT2D eigenvalue weighted by atomic mass is 32.2. The molecule has 1 heterocycles. The van der Waals surface area contributed by atoms with Gasteiger partial charge in [-0.2, -0.15) is 5.26 Å². The molecule has 0 bridgehead atoms. The summed E-state index contributed by atoms with van der Waals surface area (Å²) in [5.74, 6) is 0.236. The molecule has 0 aliphatic carbocycles. The van der Waals surface area contributed by atoms with Crippen molar-refractivity contribution < 1.29 is 9.59 Å². The first-order valence-corrected chi connectivity index (χ1v) is 7.27. The Morgan fingerprint density at radius 1 is 1.14 bits per heavy atom. The average molecular weight is 294 g/mol. The number of anilines is 1. The summed E-state index contributed by atoms with van der Waals surface area (Å²) in [6, 6.07) is 13.8. The topological polar surface area (TPSA) is 70.0 Å². The fourth-order valence-corrected chi connectivity index (χ4v) is 2.92. The van der Waals surface area contributed by atoms with E-state index in [-0.39, 0.29) is 11.7 Å². The molecule has 0 spiro atoms. The maximum Gasteiger partial charge on any atom is 0.234 e. The van der Waals surface area contributed by atoms with Gasteiger partial charge >= 0.3 is 0 Å². The van der Waals surface area contributed by atoms with E-state index in [4.69, 9.17) is 5.26 Å². The second kappa shape index (κ2) is 5.43. The van der Waals surface area contributed by atoms with Crippen LogP contribution in [-0.2, 0) is 4.79 Å². The van der Waals surface area contributed by atoms with Gasteiger partial charge in [0.1, 0.15) is 0 Å². The quantitative estimate of drug-likeness (QED) is 0.865. The third kappa shape index (κ3) is 2.67. The normalized spacial score (nSPS) is 13.0. The molecular formula is C16H10N2O2S. The maximum atomic E-state index is 12.4. The minimum absolute atomic E-state index is 0.0290. The summed E-state index contributed by atoms with van der Waals surface area (Å²) in [4.78, 5) is 24.6. The second-order valence-corrected chi connectivity index (χ2v) is 5.58. The van der Waals surface area contributed by atoms with E-state index in [0.717, 1.165) is 10.6 Å². The Hall–Kier alpha value is -2.58. The number of nitrogens with zero attached hydrogens (tertiary/aromatic N) is 1. The van der Waals surface area contributed by atoms with Crippen molar-refractivity contribution in [3.63, 3.8) is 0 Å². The number of amides is 1. The van der Waals surface area contributed by atoms with Gasteiger partial charge in [-0.15, -0.1) is 11.8 Å². The molecule has 1 amide bonds. The molecule has 1 aliphatic rings. The third-order valence-electron chi connectivity index (χ3n) is 3.15. The highest BCUT2D eigenvalue weighted by Gasteiger charge is 2.17. The van der Waals surface area contributed by atoms with Crippen molar-refractivity contribution in [3.8, 4) is 6.07 Å². The van der Waals surface area contributed by atoms with Crippen LogP contribution in [0.3, 0.4) is 0 Å². The first kappa shape index (κ1) is 13.4. The largest absolute Gasteiger partial charge is 0.324 e. The molecular weight excluding hydrogens is 284 g/mol. The van der Waals surface area contributed by atoms with E-state index in [9.17, 15) is 9.59 Å². The third-order valence-corrected chi connectivity index (χ3v) is 4.21. The van der Waals surface area contributed by atoms with Gasteiger partial charge in [0.25, 0.3) is 0 Å². The number of nitrogens with one attached hydrogen (secondary N) is 1. The summed E-state index contributed by atoms with van der Waals surface area (Å²) in [7, 11) is 0. The number of carbonyl (C=O) groups excluding carboxylic acids is 2. The standard InChI is InChI=1S/C16H10N2O2S/c17-8-10-1-3-11(4-2-10)16(20)12-5-6-13-14(7-12)21-9-15(19)18-13/h1-7H,9H2,(H,18,19). The van der Waals surface area contributed by atoms with Crippen LogP contribution in [0.25, 0.3) is 0 Å². The zero-order chi connectivity index (χ0) is 14.8. The molecule has 0 unspecified atom stereocenters. The van der Waals surface area contributed by atoms with Gasteiger partial charge in [0, 0.05) is 16.0 Å². The highest BCUT2D eigenvalue weighted by Crippen LogP contribution is 2.32. The Labute approximate surface area is 125 Å². The van der Waals surface area contributed by atoms with E-state index < -0.39 is 0 Å². The van der Waals surface area contributed by atoms with Gasteiger partial charge < -0.3 is 5.32 Å². The number of hydrogen-bond donors (Lipinski definition) is 1. The van der Waals surface area contributed by atoms with Gasteiger partial charge in [0.15, 0.2) is 5.78 Å². The number of rotatable bonds is 2. The number of ketones is 1. The lowest BCUT2D eigenvalue weighted by Crippen LogP contribution is -2.18. The molecule has 0 aromatic heterocycles. The summed E-state index contributed by atoms with van der Waals surface area (Å²) < 4.78 is 0. The van der Waals surface area contributed by atoms with Crippen molar-refractivity contribution in [2.75, 3.05) is 11.1 Å². The van der Waals surface area contributed by atoms with Crippen LogP contribution in [0.15, 0.2) is 47.4 Å². The lowest BCUT2D eigenvalue weighted by atomic mass is 10.0. The Morgan fingerprint density at radius 2 is 1.86 bits per heavy atom. The van der Waals surface area contributed by atoms with Crippen LogP contribution >= 0.6 is 11.8 Å². The van der Waals surface area contributed by atoms with E-state index in [1.165, 1.54) is 11.8 Å². The van der Waals surface area contributed by atoms with Gasteiger partial charge in [-0.25, -0.2) is 0 Å². The van der Waals surface area contributed by atoms with E-state index in [1.807, 2.05) is 6.07 Å². The molecule has 4 nitrogen and oxygen atoms in total. The Morgan fingerprint density at radius 3 is 2.57 bits per heavy atom. The molecule has 0 saturated heterocycles. The minimum Gasteiger partial charge on any atom is -0.324 e. The lowest BCUT2D eigenvalue weighted by Gasteiger charge is -2.16. The van der Waals surface area contributed by atoms with Crippen LogP contribution in [0.4, 0.5) is 5.69 Å². The van der Waals surface area contributed by atoms with Gasteiger partial charge in [-0.3, -0.25) is 9.59 Å². The minimum atomic E-state index is -0.0974. The fourth-order valence-electron chi connectivity index (χ4n) is 2.08. The van der Waals surface area contributed by atoms with Crippen molar-refractivity contribution in [1.82, 2.24) is 0 Å². The zero-order valence-electron chi connectivity index (χ0n) is 10.9. The van der Waals surface area contributed by atoms with Crippen LogP contribution in [0.1, 0.15) is 21.5 Å². The molecule has 3 rings (SSSR count). The van der Waals surface area contributed by atoms with E-state index in [1.54, 1.807) is 42.5 Å². The fraction of sp³-hybridized carbons (Fsp3) is 0.0625. The van der Waals surface area contributed by atoms with Crippen molar-refractivity contribution in [1.29, 1.82) is 5.26 Å². The number of nitriles is 1. The molecule has 0 fully saturated rings. The van der Waals surface area contributed by atoms with Gasteiger partial charge in [0.05, 0.1) is 23.1 Å². The number of thioether (sulfide) groups is 1. The van der Waals surface area contributed by atoms with E-state index in [0.29, 0.717) is 22.4 Å². The second-order valence-electron chi connectivity index (χ2n) is 4.57. The average Bonchev–Trinajstić information content (AvgIpc) is 2.53. The van der Waals surface area contributed by atoms with Gasteiger partial charge in [-0.05, 0) is 42.5 Å². The Kier molecular flexibility index (Phi) is 3.46. The number of fused-ring (bicyclic) bond motifs is 1. The molecule has 1 aliphatic heterocycles. The first-order chi connectivity index (χ1) is 10.2. The summed E-state index contributed by atoms with van der Waals surface area (Å²) in [5, 5.41) is 11.5. The monoisotopic (exact) mass is 294 g/mol. The smallest absolute Gasteiger partial charge is 0.234 e. The molecule has 21 heavy (non-hydrogen) atoms. The summed E-state index contributed by atoms with van der Waals surface area (Å²) in [6.07, 6.45) is 0. The summed E-state index contributed by atoms with van der Waals surface area (Å²) >= 11 is 1.42. The van der Waals surface area contributed by atoms with Crippen LogP contribution in [0, 0.1) is 11.3 Å². The highest BCUT2D eigenvalue weighted by molar-refractivity contribution is 8.00. The van der Waals surface area contributed by atoms with E-state index in [2.05, 4.69) is 5.32 Å². The van der Waals surface area contributed by atoms with Crippen molar-refractivity contribution >= 4 is 29.1 Å². The van der Waals surface area contributed by atoms with Crippen molar-refractivity contribution in [2.24, 2.45) is 0 Å². The SMILES string of the molecule is N#Cc1ccc(C(=O)c2ccc3c(c2)SCC(=O)N3)cc1. The van der Waals surface area contributed by atoms with Crippen molar-refractivity contribution in [3.05, 3.63) is 59.2 Å². The van der Waals surface area contributed by atoms with Crippen molar-refractivity contribution in [2.45, 2.75) is 4.90 Å².